The molecule has 0 atom stereocenters. The van der Waals surface area contributed by atoms with Crippen molar-refractivity contribution in [2.75, 3.05) is 19.5 Å². The first-order valence-corrected chi connectivity index (χ1v) is 9.76. The van der Waals surface area contributed by atoms with E-state index in [0.29, 0.717) is 22.7 Å². The van der Waals surface area contributed by atoms with Gasteiger partial charge in [0.15, 0.2) is 0 Å². The number of ether oxygens (including phenoxy) is 2. The molecule has 0 aliphatic carbocycles. The molecule has 1 aromatic heterocycles. The summed E-state index contributed by atoms with van der Waals surface area (Å²) in [6, 6.07) is 14.0. The van der Waals surface area contributed by atoms with Gasteiger partial charge < -0.3 is 14.8 Å². The van der Waals surface area contributed by atoms with Crippen molar-refractivity contribution in [1.29, 1.82) is 0 Å². The van der Waals surface area contributed by atoms with Crippen LogP contribution in [0.5, 0.6) is 11.5 Å². The van der Waals surface area contributed by atoms with Gasteiger partial charge in [-0.1, -0.05) is 12.1 Å². The van der Waals surface area contributed by atoms with E-state index in [2.05, 4.69) is 10.3 Å². The van der Waals surface area contributed by atoms with Crippen molar-refractivity contribution in [1.82, 2.24) is 9.88 Å². The molecule has 0 fully saturated rings. The van der Waals surface area contributed by atoms with E-state index in [1.807, 2.05) is 0 Å². The van der Waals surface area contributed by atoms with E-state index in [4.69, 9.17) is 9.47 Å². The lowest BCUT2D eigenvalue weighted by Crippen LogP contribution is -2.32. The Labute approximate surface area is 184 Å². The number of aromatic nitrogens is 1. The van der Waals surface area contributed by atoms with E-state index in [1.165, 1.54) is 38.5 Å². The topological polar surface area (TPSA) is 80.8 Å². The van der Waals surface area contributed by atoms with Crippen molar-refractivity contribution >= 4 is 23.1 Å². The molecule has 3 aromatic rings. The fraction of sp³-hybridized carbons (Fsp3) is 0.125. The average molecular weight is 433 g/mol. The highest BCUT2D eigenvalue weighted by Gasteiger charge is 2.39. The minimum absolute atomic E-state index is 0.0792. The van der Waals surface area contributed by atoms with Crippen LogP contribution in [-0.4, -0.2) is 35.9 Å². The highest BCUT2D eigenvalue weighted by Crippen LogP contribution is 2.35. The second kappa shape index (κ2) is 8.89. The first-order valence-electron chi connectivity index (χ1n) is 9.76. The van der Waals surface area contributed by atoms with Crippen molar-refractivity contribution in [3.05, 3.63) is 89.6 Å². The number of hydrogen-bond donors (Lipinski definition) is 1. The molecule has 8 heteroatoms. The summed E-state index contributed by atoms with van der Waals surface area (Å²) in [5, 5.41) is 3.05. The van der Waals surface area contributed by atoms with Gasteiger partial charge in [-0.2, -0.15) is 0 Å². The van der Waals surface area contributed by atoms with Gasteiger partial charge in [0.1, 0.15) is 23.0 Å². The zero-order valence-electron chi connectivity index (χ0n) is 17.5. The number of halogens is 1. The average Bonchev–Trinajstić information content (AvgIpc) is 3.05. The summed E-state index contributed by atoms with van der Waals surface area (Å²) in [5.74, 6) is -0.403. The quantitative estimate of drug-likeness (QED) is 0.573. The lowest BCUT2D eigenvalue weighted by molar-refractivity contribution is -0.137. The summed E-state index contributed by atoms with van der Waals surface area (Å²) in [5.41, 5.74) is 1.90. The fourth-order valence-electron chi connectivity index (χ4n) is 3.43. The molecule has 1 N–H and O–H groups in total. The number of nitrogens with one attached hydrogen (secondary N) is 1. The van der Waals surface area contributed by atoms with Crippen LogP contribution < -0.4 is 14.8 Å². The van der Waals surface area contributed by atoms with E-state index >= 15 is 0 Å². The predicted molar refractivity (Wildman–Crippen MR) is 116 cm³/mol. The Balaban J connectivity index is 1.76. The van der Waals surface area contributed by atoms with E-state index in [9.17, 15) is 14.0 Å². The van der Waals surface area contributed by atoms with Crippen molar-refractivity contribution in [3.8, 4) is 11.5 Å². The molecule has 2 aromatic carbocycles. The molecule has 7 nitrogen and oxygen atoms in total. The maximum Gasteiger partial charge on any atom is 0.278 e. The van der Waals surface area contributed by atoms with Crippen molar-refractivity contribution in [2.24, 2.45) is 0 Å². The number of anilines is 1. The summed E-state index contributed by atoms with van der Waals surface area (Å²) in [4.78, 5) is 31.7. The minimum Gasteiger partial charge on any atom is -0.497 e. The van der Waals surface area contributed by atoms with Crippen LogP contribution >= 0.6 is 0 Å². The molecule has 0 saturated heterocycles. The third-order valence-electron chi connectivity index (χ3n) is 5.06. The summed E-state index contributed by atoms with van der Waals surface area (Å²) >= 11 is 0. The van der Waals surface area contributed by atoms with Crippen LogP contribution in [0.2, 0.25) is 0 Å². The largest absolute Gasteiger partial charge is 0.497 e. The molecular formula is C24H20FN3O4. The molecule has 4 rings (SSSR count). The third-order valence-corrected chi connectivity index (χ3v) is 5.06. The molecule has 0 bridgehead atoms. The Kier molecular flexibility index (Phi) is 5.85. The maximum absolute atomic E-state index is 13.5. The van der Waals surface area contributed by atoms with Gasteiger partial charge in [0.25, 0.3) is 11.8 Å². The maximum atomic E-state index is 13.5. The molecule has 0 unspecified atom stereocenters. The van der Waals surface area contributed by atoms with Crippen molar-refractivity contribution in [3.63, 3.8) is 0 Å². The van der Waals surface area contributed by atoms with Crippen LogP contribution in [0.3, 0.4) is 0 Å². The first kappa shape index (κ1) is 21.0. The smallest absolute Gasteiger partial charge is 0.278 e. The number of pyridine rings is 1. The number of carbonyl (C=O) groups excluding carboxylic acids is 2. The summed E-state index contributed by atoms with van der Waals surface area (Å²) in [6.07, 6.45) is 3.19. The van der Waals surface area contributed by atoms with Gasteiger partial charge in [-0.25, -0.2) is 4.39 Å². The minimum atomic E-state index is -0.496. The molecule has 0 radical (unpaired) electrons. The standard InChI is InChI=1S/C24H20FN3O4/c1-31-18-7-8-19(20(13-18)32-2)27-22-21(16-3-5-17(25)6-4-16)23(29)28(24(22)30)14-15-9-11-26-12-10-15/h3-13,27H,14H2,1-2H3. The van der Waals surface area contributed by atoms with Crippen LogP contribution in [0.15, 0.2) is 72.7 Å². The SMILES string of the molecule is COc1ccc(NC2=C(c3ccc(F)cc3)C(=O)N(Cc3ccncc3)C2=O)c(OC)c1. The second-order valence-electron chi connectivity index (χ2n) is 7.00. The van der Waals surface area contributed by atoms with Crippen molar-refractivity contribution < 1.29 is 23.5 Å². The normalized spacial score (nSPS) is 13.5. The zero-order valence-corrected chi connectivity index (χ0v) is 17.5. The van der Waals surface area contributed by atoms with Crippen LogP contribution in [-0.2, 0) is 16.1 Å². The summed E-state index contributed by atoms with van der Waals surface area (Å²) in [6.45, 7) is 0.0792. The van der Waals surface area contributed by atoms with Gasteiger partial charge in [0.2, 0.25) is 0 Å². The number of hydrogen-bond acceptors (Lipinski definition) is 6. The van der Waals surface area contributed by atoms with Crippen LogP contribution in [0.25, 0.3) is 5.57 Å². The highest BCUT2D eigenvalue weighted by molar-refractivity contribution is 6.36. The van der Waals surface area contributed by atoms with Gasteiger partial charge in [-0.15, -0.1) is 0 Å². The Morgan fingerprint density at radius 2 is 1.66 bits per heavy atom. The molecule has 1 aliphatic heterocycles. The molecule has 32 heavy (non-hydrogen) atoms. The Morgan fingerprint density at radius 3 is 2.31 bits per heavy atom. The third kappa shape index (κ3) is 4.02. The van der Waals surface area contributed by atoms with Gasteiger partial charge in [-0.3, -0.25) is 19.5 Å². The number of rotatable bonds is 7. The van der Waals surface area contributed by atoms with Crippen LogP contribution in [0, 0.1) is 5.82 Å². The van der Waals surface area contributed by atoms with E-state index in [1.54, 1.807) is 42.7 Å². The number of methoxy groups -OCH3 is 2. The molecular weight excluding hydrogens is 413 g/mol. The van der Waals surface area contributed by atoms with E-state index in [-0.39, 0.29) is 17.8 Å². The van der Waals surface area contributed by atoms with Crippen LogP contribution in [0.4, 0.5) is 10.1 Å². The van der Waals surface area contributed by atoms with E-state index < -0.39 is 17.6 Å². The molecule has 2 amide bonds. The van der Waals surface area contributed by atoms with Crippen molar-refractivity contribution in [2.45, 2.75) is 6.54 Å². The Hall–Kier alpha value is -4.20. The second-order valence-corrected chi connectivity index (χ2v) is 7.00. The number of imide groups is 1. The lowest BCUT2D eigenvalue weighted by atomic mass is 10.0. The van der Waals surface area contributed by atoms with Crippen LogP contribution in [0.1, 0.15) is 11.1 Å². The van der Waals surface area contributed by atoms with E-state index in [0.717, 1.165) is 10.5 Å². The number of amides is 2. The fourth-order valence-corrected chi connectivity index (χ4v) is 3.43. The number of carbonyl (C=O) groups is 2. The molecule has 162 valence electrons. The Morgan fingerprint density at radius 1 is 0.938 bits per heavy atom. The summed E-state index contributed by atoms with van der Waals surface area (Å²) < 4.78 is 24.1. The monoisotopic (exact) mass is 433 g/mol. The zero-order chi connectivity index (χ0) is 22.7. The van der Waals surface area contributed by atoms with Gasteiger partial charge in [-0.05, 0) is 47.5 Å². The molecule has 0 spiro atoms. The van der Waals surface area contributed by atoms with Gasteiger partial charge in [0, 0.05) is 18.5 Å². The Bertz CT molecular complexity index is 1190. The number of nitrogens with zero attached hydrogens (tertiary/aromatic N) is 2. The predicted octanol–water partition coefficient (Wildman–Crippen LogP) is 3.63. The van der Waals surface area contributed by atoms with Gasteiger partial charge >= 0.3 is 0 Å². The summed E-state index contributed by atoms with van der Waals surface area (Å²) in [7, 11) is 3.03. The molecule has 2 heterocycles. The highest BCUT2D eigenvalue weighted by atomic mass is 19.1. The van der Waals surface area contributed by atoms with Gasteiger partial charge in [0.05, 0.1) is 32.0 Å². The first-order chi connectivity index (χ1) is 15.5. The molecule has 1 aliphatic rings. The number of benzene rings is 2. The molecule has 0 saturated carbocycles. The lowest BCUT2D eigenvalue weighted by Gasteiger charge is -2.16.